The van der Waals surface area contributed by atoms with Gasteiger partial charge in [-0.05, 0) is 54.4 Å². The zero-order valence-corrected chi connectivity index (χ0v) is 12.6. The second-order valence-corrected chi connectivity index (χ2v) is 6.23. The molecule has 0 fully saturated rings. The molecule has 2 rings (SSSR count). The number of anilines is 1. The molecule has 0 aliphatic carbocycles. The maximum Gasteiger partial charge on any atom is 0.112 e. The SMILES string of the molecule is Cc1ccc(NCc2nc(C)c(C)s2)c(Br)c1. The maximum atomic E-state index is 4.51. The van der Waals surface area contributed by atoms with E-state index in [0.717, 1.165) is 27.4 Å². The summed E-state index contributed by atoms with van der Waals surface area (Å²) in [6, 6.07) is 6.30. The van der Waals surface area contributed by atoms with Crippen molar-refractivity contribution in [3.05, 3.63) is 43.8 Å². The number of benzene rings is 1. The Bertz CT molecular complexity index is 515. The number of thiazole rings is 1. The number of aryl methyl sites for hydroxylation is 3. The zero-order valence-electron chi connectivity index (χ0n) is 10.2. The minimum absolute atomic E-state index is 0.779. The minimum Gasteiger partial charge on any atom is -0.378 e. The van der Waals surface area contributed by atoms with Crippen molar-refractivity contribution in [2.45, 2.75) is 27.3 Å². The van der Waals surface area contributed by atoms with Crippen molar-refractivity contribution in [1.82, 2.24) is 4.98 Å². The first-order valence-corrected chi connectivity index (χ1v) is 7.10. The Morgan fingerprint density at radius 1 is 1.29 bits per heavy atom. The molecule has 2 aromatic rings. The van der Waals surface area contributed by atoms with Gasteiger partial charge in [0.05, 0.1) is 12.2 Å². The summed E-state index contributed by atoms with van der Waals surface area (Å²) in [5.74, 6) is 0. The molecule has 0 radical (unpaired) electrons. The molecule has 1 heterocycles. The third-order valence-electron chi connectivity index (χ3n) is 2.63. The standard InChI is InChI=1S/C13H15BrN2S/c1-8-4-5-12(11(14)6-8)15-7-13-16-9(2)10(3)17-13/h4-6,15H,7H2,1-3H3. The fourth-order valence-electron chi connectivity index (χ4n) is 1.55. The summed E-state index contributed by atoms with van der Waals surface area (Å²) in [5.41, 5.74) is 3.50. The fourth-order valence-corrected chi connectivity index (χ4v) is 3.06. The smallest absolute Gasteiger partial charge is 0.112 e. The molecule has 1 N–H and O–H groups in total. The van der Waals surface area contributed by atoms with Crippen LogP contribution < -0.4 is 5.32 Å². The summed E-state index contributed by atoms with van der Waals surface area (Å²) < 4.78 is 1.10. The van der Waals surface area contributed by atoms with E-state index in [9.17, 15) is 0 Å². The quantitative estimate of drug-likeness (QED) is 0.906. The zero-order chi connectivity index (χ0) is 12.4. The first-order valence-electron chi connectivity index (χ1n) is 5.49. The number of hydrogen-bond donors (Lipinski definition) is 1. The van der Waals surface area contributed by atoms with E-state index in [-0.39, 0.29) is 0 Å². The van der Waals surface area contributed by atoms with Crippen molar-refractivity contribution in [2.24, 2.45) is 0 Å². The number of nitrogens with one attached hydrogen (secondary N) is 1. The summed E-state index contributed by atoms with van der Waals surface area (Å²) in [7, 11) is 0. The van der Waals surface area contributed by atoms with E-state index in [1.807, 2.05) is 0 Å². The van der Waals surface area contributed by atoms with Gasteiger partial charge in [-0.15, -0.1) is 11.3 Å². The number of nitrogens with zero attached hydrogens (tertiary/aromatic N) is 1. The van der Waals surface area contributed by atoms with Crippen LogP contribution in [0.1, 0.15) is 21.1 Å². The topological polar surface area (TPSA) is 24.9 Å². The Morgan fingerprint density at radius 3 is 2.65 bits per heavy atom. The summed E-state index contributed by atoms with van der Waals surface area (Å²) in [6.45, 7) is 7.03. The van der Waals surface area contributed by atoms with E-state index in [4.69, 9.17) is 0 Å². The van der Waals surface area contributed by atoms with E-state index in [1.165, 1.54) is 10.4 Å². The van der Waals surface area contributed by atoms with Gasteiger partial charge < -0.3 is 5.32 Å². The van der Waals surface area contributed by atoms with E-state index in [2.05, 4.69) is 65.2 Å². The second-order valence-electron chi connectivity index (χ2n) is 4.09. The molecule has 1 aromatic carbocycles. The molecule has 0 spiro atoms. The van der Waals surface area contributed by atoms with Crippen molar-refractivity contribution >= 4 is 33.0 Å². The summed E-state index contributed by atoms with van der Waals surface area (Å²) in [5, 5.41) is 4.53. The van der Waals surface area contributed by atoms with Gasteiger partial charge in [-0.3, -0.25) is 0 Å². The second kappa shape index (κ2) is 5.19. The van der Waals surface area contributed by atoms with E-state index >= 15 is 0 Å². The first kappa shape index (κ1) is 12.6. The van der Waals surface area contributed by atoms with Gasteiger partial charge in [-0.2, -0.15) is 0 Å². The normalized spacial score (nSPS) is 10.6. The molecule has 0 bridgehead atoms. The molecular formula is C13H15BrN2S. The van der Waals surface area contributed by atoms with Crippen molar-refractivity contribution in [1.29, 1.82) is 0 Å². The van der Waals surface area contributed by atoms with Crippen LogP contribution in [-0.4, -0.2) is 4.98 Å². The lowest BCUT2D eigenvalue weighted by atomic mass is 10.2. The summed E-state index contributed by atoms with van der Waals surface area (Å²) >= 11 is 5.31. The van der Waals surface area contributed by atoms with Gasteiger partial charge in [0.1, 0.15) is 5.01 Å². The monoisotopic (exact) mass is 310 g/mol. The maximum absolute atomic E-state index is 4.51. The van der Waals surface area contributed by atoms with Crippen LogP contribution in [0.3, 0.4) is 0 Å². The Labute approximate surface area is 114 Å². The van der Waals surface area contributed by atoms with Crippen LogP contribution >= 0.6 is 27.3 Å². The van der Waals surface area contributed by atoms with Crippen LogP contribution in [0.2, 0.25) is 0 Å². The van der Waals surface area contributed by atoms with Crippen molar-refractivity contribution in [3.63, 3.8) is 0 Å². The molecule has 0 unspecified atom stereocenters. The number of rotatable bonds is 3. The van der Waals surface area contributed by atoms with Gasteiger partial charge in [0.25, 0.3) is 0 Å². The largest absolute Gasteiger partial charge is 0.378 e. The lowest BCUT2D eigenvalue weighted by Crippen LogP contribution is -1.99. The van der Waals surface area contributed by atoms with Crippen molar-refractivity contribution in [2.75, 3.05) is 5.32 Å². The van der Waals surface area contributed by atoms with Gasteiger partial charge in [-0.1, -0.05) is 6.07 Å². The highest BCUT2D eigenvalue weighted by Gasteiger charge is 2.04. The van der Waals surface area contributed by atoms with Crippen molar-refractivity contribution in [3.8, 4) is 0 Å². The molecule has 1 aromatic heterocycles. The van der Waals surface area contributed by atoms with E-state index in [1.54, 1.807) is 11.3 Å². The van der Waals surface area contributed by atoms with Gasteiger partial charge in [0.15, 0.2) is 0 Å². The number of aromatic nitrogens is 1. The molecule has 0 aliphatic rings. The molecule has 17 heavy (non-hydrogen) atoms. The first-order chi connectivity index (χ1) is 8.06. The third-order valence-corrected chi connectivity index (χ3v) is 4.36. The van der Waals surface area contributed by atoms with Gasteiger partial charge in [0, 0.05) is 15.0 Å². The summed E-state index contributed by atoms with van der Waals surface area (Å²) in [4.78, 5) is 5.81. The van der Waals surface area contributed by atoms with Crippen LogP contribution in [-0.2, 0) is 6.54 Å². The summed E-state index contributed by atoms with van der Waals surface area (Å²) in [6.07, 6.45) is 0. The number of halogens is 1. The van der Waals surface area contributed by atoms with Crippen LogP contribution in [0.25, 0.3) is 0 Å². The van der Waals surface area contributed by atoms with Crippen LogP contribution in [0.15, 0.2) is 22.7 Å². The molecule has 2 nitrogen and oxygen atoms in total. The van der Waals surface area contributed by atoms with Gasteiger partial charge in [0.2, 0.25) is 0 Å². The molecular weight excluding hydrogens is 296 g/mol. The molecule has 4 heteroatoms. The Kier molecular flexibility index (Phi) is 3.84. The van der Waals surface area contributed by atoms with E-state index in [0.29, 0.717) is 0 Å². The Balaban J connectivity index is 2.07. The van der Waals surface area contributed by atoms with E-state index < -0.39 is 0 Å². The lowest BCUT2D eigenvalue weighted by molar-refractivity contribution is 1.07. The molecule has 0 saturated heterocycles. The predicted octanol–water partition coefficient (Wildman–Crippen LogP) is 4.44. The molecule has 0 aliphatic heterocycles. The van der Waals surface area contributed by atoms with Gasteiger partial charge >= 0.3 is 0 Å². The van der Waals surface area contributed by atoms with Crippen LogP contribution in [0, 0.1) is 20.8 Å². The minimum atomic E-state index is 0.779. The van der Waals surface area contributed by atoms with Crippen molar-refractivity contribution < 1.29 is 0 Å². The highest BCUT2D eigenvalue weighted by atomic mass is 79.9. The number of hydrogen-bond acceptors (Lipinski definition) is 3. The Morgan fingerprint density at radius 2 is 2.06 bits per heavy atom. The molecule has 0 atom stereocenters. The molecule has 0 saturated carbocycles. The molecule has 90 valence electrons. The lowest BCUT2D eigenvalue weighted by Gasteiger charge is -2.07. The molecule has 0 amide bonds. The Hall–Kier alpha value is -0.870. The fraction of sp³-hybridized carbons (Fsp3) is 0.308. The third kappa shape index (κ3) is 3.07. The average Bonchev–Trinajstić information content (AvgIpc) is 2.57. The predicted molar refractivity (Wildman–Crippen MR) is 77.8 cm³/mol. The highest BCUT2D eigenvalue weighted by molar-refractivity contribution is 9.10. The average molecular weight is 311 g/mol. The van der Waals surface area contributed by atoms with Crippen LogP contribution in [0.4, 0.5) is 5.69 Å². The highest BCUT2D eigenvalue weighted by Crippen LogP contribution is 2.25. The van der Waals surface area contributed by atoms with Crippen LogP contribution in [0.5, 0.6) is 0 Å². The van der Waals surface area contributed by atoms with Gasteiger partial charge in [-0.25, -0.2) is 4.98 Å².